The van der Waals surface area contributed by atoms with Crippen LogP contribution in [-0.4, -0.2) is 12.3 Å². The maximum atomic E-state index is 11.6. The Hall–Kier alpha value is -2.29. The van der Waals surface area contributed by atoms with E-state index in [1.807, 2.05) is 18.2 Å². The predicted octanol–water partition coefficient (Wildman–Crippen LogP) is 3.56. The highest BCUT2D eigenvalue weighted by Crippen LogP contribution is 2.34. The molecule has 0 fully saturated rings. The van der Waals surface area contributed by atoms with Crippen LogP contribution in [0, 0.1) is 0 Å². The number of benzene rings is 2. The van der Waals surface area contributed by atoms with E-state index < -0.39 is 0 Å². The lowest BCUT2D eigenvalue weighted by atomic mass is 10.00. The summed E-state index contributed by atoms with van der Waals surface area (Å²) in [4.78, 5) is 13.9. The van der Waals surface area contributed by atoms with Gasteiger partial charge in [-0.3, -0.25) is 4.79 Å². The molecule has 1 heterocycles. The van der Waals surface area contributed by atoms with E-state index in [1.54, 1.807) is 6.92 Å². The third-order valence-electron chi connectivity index (χ3n) is 3.84. The summed E-state index contributed by atoms with van der Waals surface area (Å²) in [6, 6.07) is 14.2. The van der Waals surface area contributed by atoms with Crippen molar-refractivity contribution in [3.8, 4) is 0 Å². The summed E-state index contributed by atoms with van der Waals surface area (Å²) in [5, 5.41) is 0. The summed E-state index contributed by atoms with van der Waals surface area (Å²) < 4.78 is 0. The Labute approximate surface area is 119 Å². The molecule has 3 rings (SSSR count). The van der Waals surface area contributed by atoms with Crippen LogP contribution < -0.4 is 10.6 Å². The fraction of sp³-hybridized carbons (Fsp3) is 0.235. The van der Waals surface area contributed by atoms with E-state index in [0.717, 1.165) is 25.1 Å². The second-order valence-corrected chi connectivity index (χ2v) is 5.21. The van der Waals surface area contributed by atoms with Gasteiger partial charge in [0, 0.05) is 29.2 Å². The monoisotopic (exact) mass is 266 g/mol. The first-order valence-electron chi connectivity index (χ1n) is 6.93. The zero-order chi connectivity index (χ0) is 14.1. The van der Waals surface area contributed by atoms with E-state index in [4.69, 9.17) is 5.73 Å². The number of rotatable bonds is 2. The van der Waals surface area contributed by atoms with E-state index in [9.17, 15) is 4.79 Å². The lowest BCUT2D eigenvalue weighted by molar-refractivity contribution is 0.101. The van der Waals surface area contributed by atoms with Gasteiger partial charge in [-0.05, 0) is 49.6 Å². The molecule has 0 saturated carbocycles. The molecule has 0 aliphatic carbocycles. The van der Waals surface area contributed by atoms with Crippen molar-refractivity contribution in [2.45, 2.75) is 19.8 Å². The zero-order valence-corrected chi connectivity index (χ0v) is 11.6. The van der Waals surface area contributed by atoms with E-state index in [2.05, 4.69) is 29.2 Å². The molecule has 0 radical (unpaired) electrons. The van der Waals surface area contributed by atoms with Gasteiger partial charge in [0.15, 0.2) is 5.78 Å². The normalized spacial score (nSPS) is 13.9. The first-order valence-corrected chi connectivity index (χ1v) is 6.93. The predicted molar refractivity (Wildman–Crippen MR) is 82.6 cm³/mol. The third-order valence-corrected chi connectivity index (χ3v) is 3.84. The summed E-state index contributed by atoms with van der Waals surface area (Å²) in [6.45, 7) is 2.53. The largest absolute Gasteiger partial charge is 0.398 e. The summed E-state index contributed by atoms with van der Waals surface area (Å²) in [5.41, 5.74) is 10.7. The Morgan fingerprint density at radius 2 is 2.00 bits per heavy atom. The van der Waals surface area contributed by atoms with Crippen molar-refractivity contribution in [3.05, 3.63) is 53.6 Å². The number of hydrogen-bond acceptors (Lipinski definition) is 3. The molecule has 0 saturated heterocycles. The summed E-state index contributed by atoms with van der Waals surface area (Å²) in [7, 11) is 0. The van der Waals surface area contributed by atoms with Gasteiger partial charge < -0.3 is 10.6 Å². The number of carbonyl (C=O) groups is 1. The second kappa shape index (κ2) is 5.00. The number of anilines is 3. The van der Waals surface area contributed by atoms with Crippen LogP contribution in [0.1, 0.15) is 29.3 Å². The lowest BCUT2D eigenvalue weighted by Gasteiger charge is -2.31. The van der Waals surface area contributed by atoms with Crippen LogP contribution in [0.15, 0.2) is 42.5 Å². The van der Waals surface area contributed by atoms with Gasteiger partial charge in [0.1, 0.15) is 0 Å². The Bertz CT molecular complexity index is 664. The summed E-state index contributed by atoms with van der Waals surface area (Å²) in [5.74, 6) is 0.00893. The minimum atomic E-state index is 0.00893. The minimum absolute atomic E-state index is 0.00893. The molecule has 1 aliphatic rings. The SMILES string of the molecule is CC(=O)c1cc(N2CCCc3ccccc32)ccc1N. The summed E-state index contributed by atoms with van der Waals surface area (Å²) >= 11 is 0. The Morgan fingerprint density at radius 1 is 1.20 bits per heavy atom. The average Bonchev–Trinajstić information content (AvgIpc) is 2.47. The Kier molecular flexibility index (Phi) is 3.18. The number of nitrogens with two attached hydrogens (primary N) is 1. The fourth-order valence-corrected chi connectivity index (χ4v) is 2.82. The molecule has 0 bridgehead atoms. The highest BCUT2D eigenvalue weighted by Gasteiger charge is 2.18. The van der Waals surface area contributed by atoms with Gasteiger partial charge in [-0.15, -0.1) is 0 Å². The molecule has 102 valence electrons. The lowest BCUT2D eigenvalue weighted by Crippen LogP contribution is -2.24. The molecule has 0 aromatic heterocycles. The molecule has 3 nitrogen and oxygen atoms in total. The number of nitrogens with zero attached hydrogens (tertiary/aromatic N) is 1. The van der Waals surface area contributed by atoms with Crippen molar-refractivity contribution < 1.29 is 4.79 Å². The van der Waals surface area contributed by atoms with Crippen molar-refractivity contribution in [2.24, 2.45) is 0 Å². The molecule has 2 aromatic carbocycles. The van der Waals surface area contributed by atoms with Gasteiger partial charge >= 0.3 is 0 Å². The van der Waals surface area contributed by atoms with Crippen molar-refractivity contribution in [1.82, 2.24) is 0 Å². The van der Waals surface area contributed by atoms with Crippen molar-refractivity contribution in [3.63, 3.8) is 0 Å². The van der Waals surface area contributed by atoms with Crippen LogP contribution in [0.4, 0.5) is 17.1 Å². The van der Waals surface area contributed by atoms with Crippen LogP contribution in [0.25, 0.3) is 0 Å². The molecule has 3 heteroatoms. The molecule has 0 atom stereocenters. The smallest absolute Gasteiger partial charge is 0.161 e. The minimum Gasteiger partial charge on any atom is -0.398 e. The molecule has 0 unspecified atom stereocenters. The van der Waals surface area contributed by atoms with Crippen LogP contribution in [0.5, 0.6) is 0 Å². The zero-order valence-electron chi connectivity index (χ0n) is 11.6. The number of ketones is 1. The third kappa shape index (κ3) is 2.16. The number of para-hydroxylation sites is 1. The highest BCUT2D eigenvalue weighted by molar-refractivity contribution is 6.00. The number of hydrogen-bond donors (Lipinski definition) is 1. The van der Waals surface area contributed by atoms with Gasteiger partial charge in [-0.25, -0.2) is 0 Å². The first-order chi connectivity index (χ1) is 9.66. The molecular formula is C17H18N2O. The van der Waals surface area contributed by atoms with E-state index >= 15 is 0 Å². The topological polar surface area (TPSA) is 46.3 Å². The first kappa shape index (κ1) is 12.7. The molecule has 2 N–H and O–H groups in total. The number of fused-ring (bicyclic) bond motifs is 1. The molecular weight excluding hydrogens is 248 g/mol. The van der Waals surface area contributed by atoms with E-state index in [-0.39, 0.29) is 5.78 Å². The number of carbonyl (C=O) groups excluding carboxylic acids is 1. The molecule has 20 heavy (non-hydrogen) atoms. The fourth-order valence-electron chi connectivity index (χ4n) is 2.82. The van der Waals surface area contributed by atoms with Gasteiger partial charge in [0.2, 0.25) is 0 Å². The standard InChI is InChI=1S/C17H18N2O/c1-12(20)15-11-14(8-9-16(15)18)19-10-4-6-13-5-2-3-7-17(13)19/h2-3,5,7-9,11H,4,6,10,18H2,1H3. The van der Waals surface area contributed by atoms with E-state index in [0.29, 0.717) is 11.3 Å². The van der Waals surface area contributed by atoms with Crippen molar-refractivity contribution in [2.75, 3.05) is 17.2 Å². The van der Waals surface area contributed by atoms with Crippen molar-refractivity contribution in [1.29, 1.82) is 0 Å². The number of aryl methyl sites for hydroxylation is 1. The van der Waals surface area contributed by atoms with Crippen LogP contribution in [0.3, 0.4) is 0 Å². The number of nitrogen functional groups attached to an aromatic ring is 1. The summed E-state index contributed by atoms with van der Waals surface area (Å²) in [6.07, 6.45) is 2.23. The second-order valence-electron chi connectivity index (χ2n) is 5.21. The van der Waals surface area contributed by atoms with Gasteiger partial charge in [-0.2, -0.15) is 0 Å². The van der Waals surface area contributed by atoms with E-state index in [1.165, 1.54) is 11.3 Å². The van der Waals surface area contributed by atoms with Gasteiger partial charge in [0.25, 0.3) is 0 Å². The maximum Gasteiger partial charge on any atom is 0.161 e. The molecule has 1 aliphatic heterocycles. The Morgan fingerprint density at radius 3 is 2.80 bits per heavy atom. The van der Waals surface area contributed by atoms with Crippen LogP contribution in [-0.2, 0) is 6.42 Å². The van der Waals surface area contributed by atoms with Gasteiger partial charge in [0.05, 0.1) is 0 Å². The van der Waals surface area contributed by atoms with Crippen molar-refractivity contribution >= 4 is 22.8 Å². The highest BCUT2D eigenvalue weighted by atomic mass is 16.1. The number of Topliss-reactive ketones (excluding diaryl/α,β-unsaturated/α-hetero) is 1. The molecule has 2 aromatic rings. The molecule has 0 amide bonds. The van der Waals surface area contributed by atoms with Gasteiger partial charge in [-0.1, -0.05) is 18.2 Å². The molecule has 0 spiro atoms. The van der Waals surface area contributed by atoms with Crippen LogP contribution >= 0.6 is 0 Å². The van der Waals surface area contributed by atoms with Crippen LogP contribution in [0.2, 0.25) is 0 Å². The Balaban J connectivity index is 2.07. The maximum absolute atomic E-state index is 11.6. The average molecular weight is 266 g/mol. The quantitative estimate of drug-likeness (QED) is 0.668.